The molecule has 72 valence electrons. The van der Waals surface area contributed by atoms with Crippen LogP contribution < -0.4 is 4.72 Å². The van der Waals surface area contributed by atoms with E-state index in [0.29, 0.717) is 0 Å². The fourth-order valence-corrected chi connectivity index (χ4v) is 1.13. The first-order valence-corrected chi connectivity index (χ1v) is 5.15. The molecule has 1 amide bonds. The number of hydrogen-bond acceptors (Lipinski definition) is 4. The highest BCUT2D eigenvalue weighted by Gasteiger charge is 2.02. The van der Waals surface area contributed by atoms with Crippen LogP contribution in [0.15, 0.2) is 0 Å². The average molecular weight is 191 g/mol. The third-order valence-corrected chi connectivity index (χ3v) is 1.94. The molecule has 1 N–H and O–H groups in total. The van der Waals surface area contributed by atoms with E-state index in [1.54, 1.807) is 0 Å². The topological polar surface area (TPSA) is 49.4 Å². The van der Waals surface area contributed by atoms with Crippen LogP contribution in [-0.2, 0) is 19.6 Å². The van der Waals surface area contributed by atoms with Crippen LogP contribution in [0, 0.1) is 0 Å². The van der Waals surface area contributed by atoms with Crippen molar-refractivity contribution in [1.29, 1.82) is 0 Å². The fraction of sp³-hybridized carbons (Fsp3) is 0.714. The van der Waals surface area contributed by atoms with Crippen LogP contribution in [-0.4, -0.2) is 36.3 Å². The summed E-state index contributed by atoms with van der Waals surface area (Å²) in [6.45, 7) is 5.85. The Morgan fingerprint density at radius 1 is 1.50 bits per heavy atom. The standard InChI is InChI=1S/C7H15N2O2S/c1-4-9(5-2)6-7(10)8-12(3)11/h3-6H2,1-2H3,(H,8,10,11)/q-1. The average Bonchev–Trinajstić information content (AvgIpc) is 1.98. The second-order valence-corrected chi connectivity index (χ2v) is 3.23. The van der Waals surface area contributed by atoms with Crippen molar-refractivity contribution in [3.63, 3.8) is 0 Å². The Labute approximate surface area is 75.1 Å². The number of carbonyl (C=O) groups is 1. The van der Waals surface area contributed by atoms with Crippen LogP contribution in [0.4, 0.5) is 0 Å². The largest absolute Gasteiger partial charge is 0.443 e. The summed E-state index contributed by atoms with van der Waals surface area (Å²) in [5.41, 5.74) is 0. The molecule has 0 aliphatic heterocycles. The summed E-state index contributed by atoms with van der Waals surface area (Å²) in [6.07, 6.45) is 0. The van der Waals surface area contributed by atoms with Gasteiger partial charge in [0.1, 0.15) is 0 Å². The molecule has 0 aromatic carbocycles. The van der Waals surface area contributed by atoms with E-state index < -0.39 is 10.6 Å². The van der Waals surface area contributed by atoms with Gasteiger partial charge < -0.3 is 8.93 Å². The predicted molar refractivity (Wildman–Crippen MR) is 51.1 cm³/mol. The summed E-state index contributed by atoms with van der Waals surface area (Å²) < 4.78 is 12.7. The monoisotopic (exact) mass is 191 g/mol. The number of carbonyl (C=O) groups excluding carboxylic acids is 1. The van der Waals surface area contributed by atoms with E-state index in [4.69, 9.17) is 0 Å². The van der Waals surface area contributed by atoms with E-state index in [-0.39, 0.29) is 12.5 Å². The molecule has 0 heterocycles. The van der Waals surface area contributed by atoms with E-state index in [2.05, 4.69) is 10.6 Å². The van der Waals surface area contributed by atoms with Gasteiger partial charge in [0.25, 0.3) is 0 Å². The minimum atomic E-state index is -1.49. The van der Waals surface area contributed by atoms with Gasteiger partial charge in [0.2, 0.25) is 5.91 Å². The lowest BCUT2D eigenvalue weighted by atomic mass is 10.4. The van der Waals surface area contributed by atoms with Crippen LogP contribution in [0.5, 0.6) is 0 Å². The first-order valence-electron chi connectivity index (χ1n) is 3.83. The summed E-state index contributed by atoms with van der Waals surface area (Å²) in [5.74, 6) is 2.92. The minimum Gasteiger partial charge on any atom is -0.443 e. The van der Waals surface area contributed by atoms with Gasteiger partial charge in [-0.25, -0.2) is 0 Å². The van der Waals surface area contributed by atoms with Crippen molar-refractivity contribution < 1.29 is 9.00 Å². The van der Waals surface area contributed by atoms with Gasteiger partial charge in [0.05, 0.1) is 6.54 Å². The molecule has 0 saturated heterocycles. The molecule has 5 heteroatoms. The molecule has 0 bridgehead atoms. The summed E-state index contributed by atoms with van der Waals surface area (Å²) in [5, 5.41) is 0. The molecule has 0 aliphatic rings. The van der Waals surface area contributed by atoms with Crippen molar-refractivity contribution in [3.8, 4) is 0 Å². The van der Waals surface area contributed by atoms with Gasteiger partial charge in [-0.1, -0.05) is 13.8 Å². The van der Waals surface area contributed by atoms with Crippen LogP contribution >= 0.6 is 0 Å². The second kappa shape index (κ2) is 6.02. The van der Waals surface area contributed by atoms with E-state index in [1.165, 1.54) is 0 Å². The normalized spacial score (nSPS) is 10.7. The molecule has 12 heavy (non-hydrogen) atoms. The highest BCUT2D eigenvalue weighted by molar-refractivity contribution is 7.81. The lowest BCUT2D eigenvalue weighted by molar-refractivity contribution is -0.120. The molecular weight excluding hydrogens is 176 g/mol. The van der Waals surface area contributed by atoms with Gasteiger partial charge >= 0.3 is 0 Å². The molecule has 0 unspecified atom stereocenters. The smallest absolute Gasteiger partial charge is 0.217 e. The first kappa shape index (κ1) is 11.4. The quantitative estimate of drug-likeness (QED) is 0.482. The van der Waals surface area contributed by atoms with Gasteiger partial charge in [0.15, 0.2) is 0 Å². The summed E-state index contributed by atoms with van der Waals surface area (Å²) in [4.78, 5) is 12.9. The fourth-order valence-electron chi connectivity index (χ4n) is 0.810. The number of hydrogen-bond donors (Lipinski definition) is 1. The van der Waals surface area contributed by atoms with Crippen molar-refractivity contribution in [3.05, 3.63) is 0 Å². The van der Waals surface area contributed by atoms with Gasteiger partial charge in [-0.05, 0) is 13.1 Å². The third-order valence-electron chi connectivity index (χ3n) is 1.49. The highest BCUT2D eigenvalue weighted by Crippen LogP contribution is 1.84. The Morgan fingerprint density at radius 3 is 2.33 bits per heavy atom. The Hall–Kier alpha value is -0.550. The van der Waals surface area contributed by atoms with Crippen molar-refractivity contribution in [2.45, 2.75) is 13.8 Å². The predicted octanol–water partition coefficient (Wildman–Crippen LogP) is -0.245. The zero-order valence-corrected chi connectivity index (χ0v) is 8.32. The molecule has 0 fully saturated rings. The molecule has 0 aromatic rings. The number of nitrogens with one attached hydrogen (secondary N) is 1. The molecular formula is C7H15N2O2S-. The number of rotatable bonds is 5. The van der Waals surface area contributed by atoms with Gasteiger partial charge in [-0.2, -0.15) is 16.4 Å². The Balaban J connectivity index is 3.81. The lowest BCUT2D eigenvalue weighted by Crippen LogP contribution is -2.36. The van der Waals surface area contributed by atoms with Crippen LogP contribution in [0.3, 0.4) is 0 Å². The Morgan fingerprint density at radius 2 is 2.00 bits per heavy atom. The molecule has 0 rings (SSSR count). The number of amides is 1. The van der Waals surface area contributed by atoms with Crippen LogP contribution in [0.1, 0.15) is 13.8 Å². The van der Waals surface area contributed by atoms with Gasteiger partial charge in [0, 0.05) is 0 Å². The van der Waals surface area contributed by atoms with E-state index >= 15 is 0 Å². The van der Waals surface area contributed by atoms with Crippen LogP contribution in [0.25, 0.3) is 0 Å². The summed E-state index contributed by atoms with van der Waals surface area (Å²) >= 11 is 0. The van der Waals surface area contributed by atoms with Crippen molar-refractivity contribution in [1.82, 2.24) is 9.62 Å². The zero-order chi connectivity index (χ0) is 9.56. The zero-order valence-electron chi connectivity index (χ0n) is 7.50. The van der Waals surface area contributed by atoms with Crippen LogP contribution in [0.2, 0.25) is 0 Å². The maximum Gasteiger partial charge on any atom is 0.217 e. The molecule has 0 radical (unpaired) electrons. The Bertz CT molecular complexity index is 201. The first-order chi connectivity index (χ1) is 5.60. The van der Waals surface area contributed by atoms with Gasteiger partial charge in [-0.3, -0.25) is 9.69 Å². The molecule has 0 aromatic heterocycles. The Kier molecular flexibility index (Phi) is 5.74. The van der Waals surface area contributed by atoms with E-state index in [0.717, 1.165) is 13.1 Å². The summed E-state index contributed by atoms with van der Waals surface area (Å²) in [7, 11) is -1.49. The SMILES string of the molecule is C=[S-](=O)NC(=O)CN(CC)CC. The van der Waals surface area contributed by atoms with E-state index in [1.807, 2.05) is 18.7 Å². The van der Waals surface area contributed by atoms with Crippen molar-refractivity contribution in [2.24, 2.45) is 0 Å². The summed E-state index contributed by atoms with van der Waals surface area (Å²) in [6, 6.07) is 0. The number of nitrogens with zero attached hydrogens (tertiary/aromatic N) is 1. The molecule has 4 nitrogen and oxygen atoms in total. The maximum absolute atomic E-state index is 11.0. The minimum absolute atomic E-state index is 0.243. The molecule has 0 spiro atoms. The maximum atomic E-state index is 11.0. The number of likely N-dealkylation sites (N-methyl/N-ethyl adjacent to an activating group) is 1. The van der Waals surface area contributed by atoms with Crippen molar-refractivity contribution in [2.75, 3.05) is 19.6 Å². The van der Waals surface area contributed by atoms with Crippen molar-refractivity contribution >= 4 is 22.4 Å². The molecule has 0 aliphatic carbocycles. The molecule has 0 atom stereocenters. The second-order valence-electron chi connectivity index (χ2n) is 2.33. The lowest BCUT2D eigenvalue weighted by Gasteiger charge is -2.18. The highest BCUT2D eigenvalue weighted by atomic mass is 32.2. The molecule has 0 saturated carbocycles. The van der Waals surface area contributed by atoms with Gasteiger partial charge in [-0.15, -0.1) is 0 Å². The van der Waals surface area contributed by atoms with E-state index in [9.17, 15) is 9.00 Å². The third kappa shape index (κ3) is 5.15.